The quantitative estimate of drug-likeness (QED) is 0.471. The predicted octanol–water partition coefficient (Wildman–Crippen LogP) is 4.16. The summed E-state index contributed by atoms with van der Waals surface area (Å²) in [7, 11) is 1.51. The molecule has 140 valence electrons. The molecule has 0 radical (unpaired) electrons. The molecule has 0 aromatic heterocycles. The zero-order chi connectivity index (χ0) is 18.8. The van der Waals surface area contributed by atoms with Crippen LogP contribution in [0.5, 0.6) is 5.75 Å². The van der Waals surface area contributed by atoms with Crippen molar-refractivity contribution in [2.24, 2.45) is 0 Å². The number of anilines is 2. The van der Waals surface area contributed by atoms with Crippen molar-refractivity contribution in [2.75, 3.05) is 18.2 Å². The second-order valence-corrected chi connectivity index (χ2v) is 6.65. The lowest BCUT2D eigenvalue weighted by Crippen LogP contribution is -2.17. The van der Waals surface area contributed by atoms with E-state index in [1.165, 1.54) is 13.2 Å². The number of ether oxygens (including phenoxy) is 1. The van der Waals surface area contributed by atoms with E-state index in [-0.39, 0.29) is 23.7 Å². The molecule has 0 aliphatic carbocycles. The Morgan fingerprint density at radius 2 is 1.85 bits per heavy atom. The second-order valence-electron chi connectivity index (χ2n) is 6.65. The maximum Gasteiger partial charge on any atom is 0.273 e. The third-order valence-electron chi connectivity index (χ3n) is 3.77. The molecular weight excluding hydrogens is 358 g/mol. The number of benzene rings is 2. The van der Waals surface area contributed by atoms with Crippen LogP contribution in [-0.4, -0.2) is 17.9 Å². The van der Waals surface area contributed by atoms with Gasteiger partial charge >= 0.3 is 0 Å². The highest BCUT2D eigenvalue weighted by atomic mass is 35.5. The third kappa shape index (κ3) is 4.64. The van der Waals surface area contributed by atoms with Crippen LogP contribution in [0.4, 0.5) is 17.1 Å². The van der Waals surface area contributed by atoms with Gasteiger partial charge in [-0.05, 0) is 23.6 Å². The second kappa shape index (κ2) is 8.05. The van der Waals surface area contributed by atoms with Crippen molar-refractivity contribution in [1.82, 2.24) is 0 Å². The number of amides is 1. The Labute approximate surface area is 158 Å². The molecule has 26 heavy (non-hydrogen) atoms. The molecule has 0 fully saturated rings. The summed E-state index contributed by atoms with van der Waals surface area (Å²) in [6, 6.07) is 9.34. The number of nitrogens with one attached hydrogen (secondary N) is 1. The molecule has 2 aromatic rings. The Morgan fingerprint density at radius 3 is 2.38 bits per heavy atom. The SMILES string of the molecule is COc1ccc(N)c(NC(=O)c2ccc(C(C)(C)C)c([N+](=O)[O-])c2)c1.Cl. The molecule has 0 unspecified atom stereocenters. The van der Waals surface area contributed by atoms with E-state index in [1.807, 2.05) is 20.8 Å². The van der Waals surface area contributed by atoms with Gasteiger partial charge in [0, 0.05) is 23.3 Å². The standard InChI is InChI=1S/C18H21N3O4.ClH/c1-18(2,3)13-7-5-11(9-16(13)21(23)24)17(22)20-15-10-12(25-4)6-8-14(15)19;/h5-10H,19H2,1-4H3,(H,20,22);1H. The molecule has 0 aliphatic heterocycles. The monoisotopic (exact) mass is 379 g/mol. The highest BCUT2D eigenvalue weighted by Gasteiger charge is 2.26. The average Bonchev–Trinajstić information content (AvgIpc) is 2.55. The van der Waals surface area contributed by atoms with Gasteiger partial charge in [-0.1, -0.05) is 26.8 Å². The Kier molecular flexibility index (Phi) is 6.58. The van der Waals surface area contributed by atoms with Crippen LogP contribution in [0.3, 0.4) is 0 Å². The number of rotatable bonds is 4. The van der Waals surface area contributed by atoms with Crippen molar-refractivity contribution in [3.8, 4) is 5.75 Å². The minimum atomic E-state index is -0.483. The zero-order valence-electron chi connectivity index (χ0n) is 15.0. The minimum Gasteiger partial charge on any atom is -0.497 e. The number of nitrogens with zero attached hydrogens (tertiary/aromatic N) is 1. The normalized spacial score (nSPS) is 10.6. The van der Waals surface area contributed by atoms with Crippen LogP contribution < -0.4 is 15.8 Å². The molecule has 0 aliphatic rings. The van der Waals surface area contributed by atoms with Crippen molar-refractivity contribution in [3.05, 3.63) is 57.6 Å². The molecule has 3 N–H and O–H groups in total. The number of halogens is 1. The Balaban J connectivity index is 0.00000338. The zero-order valence-corrected chi connectivity index (χ0v) is 15.8. The highest BCUT2D eigenvalue weighted by molar-refractivity contribution is 6.06. The van der Waals surface area contributed by atoms with E-state index < -0.39 is 16.2 Å². The van der Waals surface area contributed by atoms with Crippen LogP contribution in [0.2, 0.25) is 0 Å². The lowest BCUT2D eigenvalue weighted by Gasteiger charge is -2.19. The summed E-state index contributed by atoms with van der Waals surface area (Å²) in [5.41, 5.74) is 6.86. The van der Waals surface area contributed by atoms with Gasteiger partial charge in [0.25, 0.3) is 11.6 Å². The van der Waals surface area contributed by atoms with Gasteiger partial charge in [0.2, 0.25) is 0 Å². The topological polar surface area (TPSA) is 107 Å². The Bertz CT molecular complexity index is 832. The summed E-state index contributed by atoms with van der Waals surface area (Å²) < 4.78 is 5.10. The van der Waals surface area contributed by atoms with Crippen LogP contribution in [0.1, 0.15) is 36.7 Å². The van der Waals surface area contributed by atoms with Crippen LogP contribution in [0.15, 0.2) is 36.4 Å². The lowest BCUT2D eigenvalue weighted by molar-refractivity contribution is -0.386. The number of hydrogen-bond acceptors (Lipinski definition) is 5. The summed E-state index contributed by atoms with van der Waals surface area (Å²) in [5.74, 6) is 0.0575. The maximum atomic E-state index is 12.5. The van der Waals surface area contributed by atoms with Gasteiger partial charge in [-0.15, -0.1) is 12.4 Å². The lowest BCUT2D eigenvalue weighted by atomic mass is 9.85. The first-order valence-electron chi connectivity index (χ1n) is 7.67. The smallest absolute Gasteiger partial charge is 0.273 e. The van der Waals surface area contributed by atoms with E-state index in [1.54, 1.807) is 30.3 Å². The van der Waals surface area contributed by atoms with E-state index in [4.69, 9.17) is 10.5 Å². The number of nitrogens with two attached hydrogens (primary N) is 1. The summed E-state index contributed by atoms with van der Waals surface area (Å²) in [4.78, 5) is 23.4. The molecule has 0 saturated carbocycles. The molecule has 0 spiro atoms. The van der Waals surface area contributed by atoms with Gasteiger partial charge in [-0.25, -0.2) is 0 Å². The van der Waals surface area contributed by atoms with Crippen molar-refractivity contribution in [1.29, 1.82) is 0 Å². The number of carbonyl (C=O) groups excluding carboxylic acids is 1. The Morgan fingerprint density at radius 1 is 1.19 bits per heavy atom. The molecule has 0 bridgehead atoms. The maximum absolute atomic E-state index is 12.5. The van der Waals surface area contributed by atoms with Crippen molar-refractivity contribution < 1.29 is 14.5 Å². The van der Waals surface area contributed by atoms with Crippen molar-refractivity contribution in [3.63, 3.8) is 0 Å². The van der Waals surface area contributed by atoms with Gasteiger partial charge in [-0.2, -0.15) is 0 Å². The molecular formula is C18H22ClN3O4. The number of hydrogen-bond donors (Lipinski definition) is 2. The fourth-order valence-electron chi connectivity index (χ4n) is 2.42. The molecule has 0 atom stereocenters. The number of methoxy groups -OCH3 is 1. The van der Waals surface area contributed by atoms with E-state index in [2.05, 4.69) is 5.32 Å². The molecule has 0 heterocycles. The number of nitrogen functional groups attached to an aromatic ring is 1. The first-order valence-corrected chi connectivity index (χ1v) is 7.67. The molecule has 7 nitrogen and oxygen atoms in total. The number of carbonyl (C=O) groups is 1. The fourth-order valence-corrected chi connectivity index (χ4v) is 2.42. The average molecular weight is 380 g/mol. The number of nitro benzene ring substituents is 1. The largest absolute Gasteiger partial charge is 0.497 e. The third-order valence-corrected chi connectivity index (χ3v) is 3.77. The summed E-state index contributed by atoms with van der Waals surface area (Å²) >= 11 is 0. The van der Waals surface area contributed by atoms with Gasteiger partial charge in [0.1, 0.15) is 5.75 Å². The molecule has 2 rings (SSSR count). The van der Waals surface area contributed by atoms with Crippen molar-refractivity contribution >= 4 is 35.4 Å². The molecule has 0 saturated heterocycles. The van der Waals surface area contributed by atoms with Gasteiger partial charge in [-0.3, -0.25) is 14.9 Å². The van der Waals surface area contributed by atoms with Crippen molar-refractivity contribution in [2.45, 2.75) is 26.2 Å². The summed E-state index contributed by atoms with van der Waals surface area (Å²) in [6.45, 7) is 5.64. The molecule has 8 heteroatoms. The fraction of sp³-hybridized carbons (Fsp3) is 0.278. The predicted molar refractivity (Wildman–Crippen MR) is 104 cm³/mol. The van der Waals surface area contributed by atoms with E-state index >= 15 is 0 Å². The van der Waals surface area contributed by atoms with Crippen LogP contribution in [0, 0.1) is 10.1 Å². The minimum absolute atomic E-state index is 0. The van der Waals surface area contributed by atoms with Crippen LogP contribution >= 0.6 is 12.4 Å². The molecule has 1 amide bonds. The summed E-state index contributed by atoms with van der Waals surface area (Å²) in [6.07, 6.45) is 0. The number of nitro groups is 1. The van der Waals surface area contributed by atoms with E-state index in [0.29, 0.717) is 22.7 Å². The Hall–Kier alpha value is -2.80. The van der Waals surface area contributed by atoms with Gasteiger partial charge in [0.15, 0.2) is 0 Å². The van der Waals surface area contributed by atoms with E-state index in [0.717, 1.165) is 0 Å². The first-order chi connectivity index (χ1) is 11.6. The first kappa shape index (κ1) is 21.2. The molecule has 2 aromatic carbocycles. The van der Waals surface area contributed by atoms with Crippen LogP contribution in [-0.2, 0) is 5.41 Å². The van der Waals surface area contributed by atoms with E-state index in [9.17, 15) is 14.9 Å². The van der Waals surface area contributed by atoms with Gasteiger partial charge in [0.05, 0.1) is 23.4 Å². The van der Waals surface area contributed by atoms with Crippen LogP contribution in [0.25, 0.3) is 0 Å². The van der Waals surface area contributed by atoms with Gasteiger partial charge < -0.3 is 15.8 Å². The highest BCUT2D eigenvalue weighted by Crippen LogP contribution is 2.32. The summed E-state index contributed by atoms with van der Waals surface area (Å²) in [5, 5.41) is 14.0.